The van der Waals surface area contributed by atoms with Crippen LogP contribution in [0.5, 0.6) is 0 Å². The Bertz CT molecular complexity index is 558. The molecule has 1 N–H and O–H groups in total. The van der Waals surface area contributed by atoms with Gasteiger partial charge in [0.1, 0.15) is 0 Å². The summed E-state index contributed by atoms with van der Waals surface area (Å²) in [6.45, 7) is 4.79. The van der Waals surface area contributed by atoms with Crippen molar-refractivity contribution in [2.24, 2.45) is 0 Å². The van der Waals surface area contributed by atoms with Crippen molar-refractivity contribution in [3.05, 3.63) is 36.5 Å². The lowest BCUT2D eigenvalue weighted by atomic mass is 10.3. The van der Waals surface area contributed by atoms with Crippen LogP contribution in [0.15, 0.2) is 36.5 Å². The minimum Gasteiger partial charge on any atom is -0.353 e. The largest absolute Gasteiger partial charge is 0.353 e. The van der Waals surface area contributed by atoms with E-state index < -0.39 is 0 Å². The van der Waals surface area contributed by atoms with Crippen LogP contribution in [-0.2, 0) is 0 Å². The minimum atomic E-state index is 0.575. The molecule has 0 atom stereocenters. The first kappa shape index (κ1) is 16.2. The predicted octanol–water partition coefficient (Wildman–Crippen LogP) is 2.39. The Hall–Kier alpha value is -2.21. The van der Waals surface area contributed by atoms with Crippen LogP contribution in [0.4, 0.5) is 17.5 Å². The third-order valence-corrected chi connectivity index (χ3v) is 3.27. The first-order valence-electron chi connectivity index (χ1n) is 7.61. The van der Waals surface area contributed by atoms with Gasteiger partial charge in [-0.25, -0.2) is 0 Å². The first-order valence-corrected chi connectivity index (χ1v) is 7.61. The molecule has 0 fully saturated rings. The fraction of sp³-hybridized carbons (Fsp3) is 0.438. The zero-order valence-electron chi connectivity index (χ0n) is 13.5. The Morgan fingerprint density at radius 2 is 1.91 bits per heavy atom. The Morgan fingerprint density at radius 3 is 2.59 bits per heavy atom. The van der Waals surface area contributed by atoms with Gasteiger partial charge in [-0.05, 0) is 46.1 Å². The number of para-hydroxylation sites is 1. The number of anilines is 3. The van der Waals surface area contributed by atoms with Crippen molar-refractivity contribution < 1.29 is 0 Å². The molecule has 0 unspecified atom stereocenters. The summed E-state index contributed by atoms with van der Waals surface area (Å²) in [5, 5.41) is 11.4. The Labute approximate surface area is 132 Å². The lowest BCUT2D eigenvalue weighted by Crippen LogP contribution is -2.20. The van der Waals surface area contributed by atoms with Gasteiger partial charge in [0.25, 0.3) is 0 Å². The molecular weight excluding hydrogens is 276 g/mol. The standard InChI is InChI=1S/C16H24N6/c1-4-22(14-9-6-5-7-10-14)15-13-18-20-16(19-15)17-11-8-12-21(2)3/h5-7,9-10,13H,4,8,11-12H2,1-3H3,(H,17,19,20). The van der Waals surface area contributed by atoms with Gasteiger partial charge in [-0.2, -0.15) is 10.1 Å². The molecule has 2 aromatic rings. The predicted molar refractivity (Wildman–Crippen MR) is 90.6 cm³/mol. The molecule has 22 heavy (non-hydrogen) atoms. The van der Waals surface area contributed by atoms with E-state index in [9.17, 15) is 0 Å². The normalized spacial score (nSPS) is 10.7. The highest BCUT2D eigenvalue weighted by molar-refractivity contribution is 5.59. The molecule has 118 valence electrons. The van der Waals surface area contributed by atoms with Gasteiger partial charge in [0.15, 0.2) is 5.82 Å². The number of nitrogens with zero attached hydrogens (tertiary/aromatic N) is 5. The summed E-state index contributed by atoms with van der Waals surface area (Å²) in [6.07, 6.45) is 2.73. The molecule has 0 radical (unpaired) electrons. The number of nitrogens with one attached hydrogen (secondary N) is 1. The molecule has 2 rings (SSSR count). The molecule has 0 saturated heterocycles. The molecule has 0 aliphatic rings. The molecule has 0 bridgehead atoms. The Balaban J connectivity index is 2.03. The van der Waals surface area contributed by atoms with Crippen molar-refractivity contribution in [1.82, 2.24) is 20.1 Å². The summed E-state index contributed by atoms with van der Waals surface area (Å²) in [5.41, 5.74) is 1.10. The fourth-order valence-corrected chi connectivity index (χ4v) is 2.18. The summed E-state index contributed by atoms with van der Waals surface area (Å²) in [6, 6.07) is 10.2. The molecule has 0 aliphatic heterocycles. The van der Waals surface area contributed by atoms with Gasteiger partial charge < -0.3 is 15.1 Å². The van der Waals surface area contributed by atoms with Crippen LogP contribution in [0.1, 0.15) is 13.3 Å². The topological polar surface area (TPSA) is 57.2 Å². The molecule has 0 spiro atoms. The number of benzene rings is 1. The second-order valence-corrected chi connectivity index (χ2v) is 5.30. The molecule has 0 saturated carbocycles. The van der Waals surface area contributed by atoms with E-state index in [2.05, 4.69) is 63.4 Å². The second kappa shape index (κ2) is 8.29. The van der Waals surface area contributed by atoms with Crippen LogP contribution in [0.25, 0.3) is 0 Å². The van der Waals surface area contributed by atoms with Crippen molar-refractivity contribution in [2.45, 2.75) is 13.3 Å². The summed E-state index contributed by atoms with van der Waals surface area (Å²) >= 11 is 0. The molecule has 6 heteroatoms. The van der Waals surface area contributed by atoms with E-state index >= 15 is 0 Å². The highest BCUT2D eigenvalue weighted by Crippen LogP contribution is 2.22. The maximum atomic E-state index is 4.56. The molecular formula is C16H24N6. The molecule has 1 aromatic carbocycles. The van der Waals surface area contributed by atoms with Gasteiger partial charge in [-0.15, -0.1) is 5.10 Å². The van der Waals surface area contributed by atoms with E-state index in [0.717, 1.165) is 37.6 Å². The van der Waals surface area contributed by atoms with Gasteiger partial charge >= 0.3 is 0 Å². The number of hydrogen-bond donors (Lipinski definition) is 1. The fourth-order valence-electron chi connectivity index (χ4n) is 2.18. The van der Waals surface area contributed by atoms with Crippen molar-refractivity contribution in [1.29, 1.82) is 0 Å². The second-order valence-electron chi connectivity index (χ2n) is 5.30. The molecule has 0 amide bonds. The van der Waals surface area contributed by atoms with Gasteiger partial charge in [0.2, 0.25) is 5.95 Å². The van der Waals surface area contributed by atoms with Crippen molar-refractivity contribution in [3.8, 4) is 0 Å². The van der Waals surface area contributed by atoms with E-state index in [-0.39, 0.29) is 0 Å². The summed E-state index contributed by atoms with van der Waals surface area (Å²) in [5.74, 6) is 1.38. The summed E-state index contributed by atoms with van der Waals surface area (Å²) in [7, 11) is 4.13. The van der Waals surface area contributed by atoms with E-state index in [1.165, 1.54) is 0 Å². The smallest absolute Gasteiger partial charge is 0.244 e. The van der Waals surface area contributed by atoms with Crippen LogP contribution in [0.2, 0.25) is 0 Å². The highest BCUT2D eigenvalue weighted by atomic mass is 15.3. The minimum absolute atomic E-state index is 0.575. The summed E-state index contributed by atoms with van der Waals surface area (Å²) < 4.78 is 0. The number of hydrogen-bond acceptors (Lipinski definition) is 6. The highest BCUT2D eigenvalue weighted by Gasteiger charge is 2.10. The maximum absolute atomic E-state index is 4.56. The third kappa shape index (κ3) is 4.66. The number of aromatic nitrogens is 3. The quantitative estimate of drug-likeness (QED) is 0.756. The molecule has 1 aromatic heterocycles. The maximum Gasteiger partial charge on any atom is 0.244 e. The monoisotopic (exact) mass is 300 g/mol. The molecule has 6 nitrogen and oxygen atoms in total. The molecule has 1 heterocycles. The van der Waals surface area contributed by atoms with Crippen LogP contribution < -0.4 is 10.2 Å². The van der Waals surface area contributed by atoms with E-state index in [1.54, 1.807) is 6.20 Å². The number of rotatable bonds is 8. The van der Waals surface area contributed by atoms with Crippen LogP contribution in [-0.4, -0.2) is 53.8 Å². The Kier molecular flexibility index (Phi) is 6.09. The average Bonchev–Trinajstić information content (AvgIpc) is 2.54. The SMILES string of the molecule is CCN(c1ccccc1)c1cnnc(NCCCN(C)C)n1. The van der Waals surface area contributed by atoms with Gasteiger partial charge in [0.05, 0.1) is 6.20 Å². The van der Waals surface area contributed by atoms with E-state index in [0.29, 0.717) is 5.95 Å². The zero-order valence-corrected chi connectivity index (χ0v) is 13.5. The van der Waals surface area contributed by atoms with Crippen LogP contribution in [0.3, 0.4) is 0 Å². The summed E-state index contributed by atoms with van der Waals surface area (Å²) in [4.78, 5) is 8.83. The lowest BCUT2D eigenvalue weighted by Gasteiger charge is -2.21. The first-order chi connectivity index (χ1) is 10.7. The van der Waals surface area contributed by atoms with Crippen LogP contribution in [0, 0.1) is 0 Å². The van der Waals surface area contributed by atoms with Gasteiger partial charge in [-0.3, -0.25) is 0 Å². The van der Waals surface area contributed by atoms with E-state index in [4.69, 9.17) is 0 Å². The zero-order chi connectivity index (χ0) is 15.8. The molecule has 0 aliphatic carbocycles. The third-order valence-electron chi connectivity index (χ3n) is 3.27. The van der Waals surface area contributed by atoms with E-state index in [1.807, 2.05) is 18.2 Å². The van der Waals surface area contributed by atoms with Crippen LogP contribution >= 0.6 is 0 Å². The van der Waals surface area contributed by atoms with Gasteiger partial charge in [0, 0.05) is 18.8 Å². The van der Waals surface area contributed by atoms with Crippen molar-refractivity contribution >= 4 is 17.5 Å². The van der Waals surface area contributed by atoms with Gasteiger partial charge in [-0.1, -0.05) is 18.2 Å². The Morgan fingerprint density at radius 1 is 1.14 bits per heavy atom. The lowest BCUT2D eigenvalue weighted by molar-refractivity contribution is 0.405. The average molecular weight is 300 g/mol. The van der Waals surface area contributed by atoms with Crippen molar-refractivity contribution in [3.63, 3.8) is 0 Å². The van der Waals surface area contributed by atoms with Crippen molar-refractivity contribution in [2.75, 3.05) is 43.9 Å².